The number of nitrogens with two attached hydrogens (primary N) is 1. The molecule has 0 bridgehead atoms. The SMILES string of the molecule is CS(=O)(=O)c1cc(C2CC2)ccc1N. The predicted molar refractivity (Wildman–Crippen MR) is 55.9 cm³/mol. The topological polar surface area (TPSA) is 60.2 Å². The summed E-state index contributed by atoms with van der Waals surface area (Å²) >= 11 is 0. The summed E-state index contributed by atoms with van der Waals surface area (Å²) in [6, 6.07) is 5.31. The molecule has 0 amide bonds. The fraction of sp³-hybridized carbons (Fsp3) is 0.400. The van der Waals surface area contributed by atoms with Gasteiger partial charge in [0.2, 0.25) is 0 Å². The number of sulfone groups is 1. The average Bonchev–Trinajstić information content (AvgIpc) is 2.85. The van der Waals surface area contributed by atoms with Gasteiger partial charge in [-0.2, -0.15) is 0 Å². The van der Waals surface area contributed by atoms with Gasteiger partial charge in [-0.15, -0.1) is 0 Å². The summed E-state index contributed by atoms with van der Waals surface area (Å²) in [6.07, 6.45) is 3.51. The Bertz CT molecular complexity index is 461. The minimum Gasteiger partial charge on any atom is -0.398 e. The molecule has 1 aliphatic carbocycles. The van der Waals surface area contributed by atoms with Crippen molar-refractivity contribution in [1.29, 1.82) is 0 Å². The lowest BCUT2D eigenvalue weighted by molar-refractivity contribution is 0.602. The molecule has 0 saturated heterocycles. The van der Waals surface area contributed by atoms with Crippen LogP contribution in [-0.4, -0.2) is 14.7 Å². The summed E-state index contributed by atoms with van der Waals surface area (Å²) in [5.74, 6) is 0.552. The second kappa shape index (κ2) is 2.98. The van der Waals surface area contributed by atoms with E-state index in [2.05, 4.69) is 0 Å². The maximum atomic E-state index is 11.4. The summed E-state index contributed by atoms with van der Waals surface area (Å²) in [5.41, 5.74) is 7.06. The largest absolute Gasteiger partial charge is 0.398 e. The molecular weight excluding hydrogens is 198 g/mol. The summed E-state index contributed by atoms with van der Waals surface area (Å²) < 4.78 is 22.7. The molecule has 0 heterocycles. The molecule has 4 heteroatoms. The van der Waals surface area contributed by atoms with Gasteiger partial charge in [-0.3, -0.25) is 0 Å². The normalized spacial score (nSPS) is 16.9. The lowest BCUT2D eigenvalue weighted by Crippen LogP contribution is -2.03. The summed E-state index contributed by atoms with van der Waals surface area (Å²) in [4.78, 5) is 0.266. The first-order valence-corrected chi connectivity index (χ1v) is 6.47. The maximum absolute atomic E-state index is 11.4. The first-order valence-electron chi connectivity index (χ1n) is 4.58. The van der Waals surface area contributed by atoms with E-state index in [1.54, 1.807) is 12.1 Å². The van der Waals surface area contributed by atoms with E-state index in [-0.39, 0.29) is 4.90 Å². The minimum absolute atomic E-state index is 0.266. The highest BCUT2D eigenvalue weighted by atomic mass is 32.2. The molecule has 1 aliphatic rings. The van der Waals surface area contributed by atoms with Crippen molar-refractivity contribution in [3.63, 3.8) is 0 Å². The zero-order chi connectivity index (χ0) is 10.3. The maximum Gasteiger partial charge on any atom is 0.177 e. The Morgan fingerprint density at radius 3 is 2.50 bits per heavy atom. The third-order valence-corrected chi connectivity index (χ3v) is 3.64. The van der Waals surface area contributed by atoms with Gasteiger partial charge in [0.1, 0.15) is 0 Å². The highest BCUT2D eigenvalue weighted by Crippen LogP contribution is 2.41. The predicted octanol–water partition coefficient (Wildman–Crippen LogP) is 1.55. The highest BCUT2D eigenvalue weighted by molar-refractivity contribution is 7.90. The number of nitrogen functional groups attached to an aromatic ring is 1. The molecule has 1 aromatic carbocycles. The van der Waals surface area contributed by atoms with E-state index in [1.807, 2.05) is 6.07 Å². The Balaban J connectivity index is 2.52. The van der Waals surface area contributed by atoms with Crippen molar-refractivity contribution in [2.75, 3.05) is 12.0 Å². The summed E-state index contributed by atoms with van der Waals surface area (Å²) in [7, 11) is -3.19. The Morgan fingerprint density at radius 2 is 2.00 bits per heavy atom. The fourth-order valence-electron chi connectivity index (χ4n) is 1.54. The molecule has 14 heavy (non-hydrogen) atoms. The molecule has 2 N–H and O–H groups in total. The molecule has 0 radical (unpaired) electrons. The lowest BCUT2D eigenvalue weighted by atomic mass is 10.1. The molecule has 1 fully saturated rings. The van der Waals surface area contributed by atoms with Gasteiger partial charge >= 0.3 is 0 Å². The van der Waals surface area contributed by atoms with Crippen LogP contribution in [0.2, 0.25) is 0 Å². The van der Waals surface area contributed by atoms with Crippen molar-refractivity contribution in [3.8, 4) is 0 Å². The molecule has 1 saturated carbocycles. The van der Waals surface area contributed by atoms with E-state index >= 15 is 0 Å². The van der Waals surface area contributed by atoms with Crippen molar-refractivity contribution in [2.45, 2.75) is 23.7 Å². The van der Waals surface area contributed by atoms with Crippen LogP contribution in [0.3, 0.4) is 0 Å². The monoisotopic (exact) mass is 211 g/mol. The van der Waals surface area contributed by atoms with Gasteiger partial charge in [-0.1, -0.05) is 6.07 Å². The van der Waals surface area contributed by atoms with Gasteiger partial charge in [0.05, 0.1) is 10.6 Å². The minimum atomic E-state index is -3.19. The quantitative estimate of drug-likeness (QED) is 0.755. The van der Waals surface area contributed by atoms with E-state index in [0.717, 1.165) is 18.4 Å². The molecule has 0 spiro atoms. The first-order chi connectivity index (χ1) is 6.48. The molecule has 76 valence electrons. The number of hydrogen-bond donors (Lipinski definition) is 1. The Kier molecular flexibility index (Phi) is 2.03. The average molecular weight is 211 g/mol. The van der Waals surface area contributed by atoms with Crippen LogP contribution in [-0.2, 0) is 9.84 Å². The molecular formula is C10H13NO2S. The molecule has 0 atom stereocenters. The van der Waals surface area contributed by atoms with Crippen molar-refractivity contribution >= 4 is 15.5 Å². The first kappa shape index (κ1) is 9.52. The molecule has 1 aromatic rings. The van der Waals surface area contributed by atoms with E-state index < -0.39 is 9.84 Å². The van der Waals surface area contributed by atoms with E-state index in [0.29, 0.717) is 11.6 Å². The van der Waals surface area contributed by atoms with Crippen LogP contribution in [0.4, 0.5) is 5.69 Å². The van der Waals surface area contributed by atoms with E-state index in [1.165, 1.54) is 6.26 Å². The van der Waals surface area contributed by atoms with Gasteiger partial charge in [-0.05, 0) is 36.5 Å². The van der Waals surface area contributed by atoms with Crippen LogP contribution in [0.1, 0.15) is 24.3 Å². The third kappa shape index (κ3) is 1.75. The zero-order valence-electron chi connectivity index (χ0n) is 8.03. The van der Waals surface area contributed by atoms with Crippen LogP contribution in [0, 0.1) is 0 Å². The van der Waals surface area contributed by atoms with E-state index in [9.17, 15) is 8.42 Å². The molecule has 3 nitrogen and oxygen atoms in total. The number of rotatable bonds is 2. The Hall–Kier alpha value is -1.03. The Morgan fingerprint density at radius 1 is 1.36 bits per heavy atom. The van der Waals surface area contributed by atoms with Crippen molar-refractivity contribution in [1.82, 2.24) is 0 Å². The molecule has 0 unspecified atom stereocenters. The van der Waals surface area contributed by atoms with Gasteiger partial charge in [0, 0.05) is 6.26 Å². The smallest absolute Gasteiger partial charge is 0.177 e. The number of benzene rings is 1. The van der Waals surface area contributed by atoms with Gasteiger partial charge in [0.25, 0.3) is 0 Å². The lowest BCUT2D eigenvalue weighted by Gasteiger charge is -2.05. The summed E-state index contributed by atoms with van der Waals surface area (Å²) in [5, 5.41) is 0. The number of anilines is 1. The molecule has 0 aromatic heterocycles. The summed E-state index contributed by atoms with van der Waals surface area (Å²) in [6.45, 7) is 0. The van der Waals surface area contributed by atoms with Crippen LogP contribution in [0.15, 0.2) is 23.1 Å². The van der Waals surface area contributed by atoms with Gasteiger partial charge in [0.15, 0.2) is 9.84 Å². The van der Waals surface area contributed by atoms with Gasteiger partial charge in [-0.25, -0.2) is 8.42 Å². The standard InChI is InChI=1S/C10H13NO2S/c1-14(12,13)10-6-8(7-2-3-7)4-5-9(10)11/h4-7H,2-3,11H2,1H3. The van der Waals surface area contributed by atoms with E-state index in [4.69, 9.17) is 5.73 Å². The highest BCUT2D eigenvalue weighted by Gasteiger charge is 2.25. The van der Waals surface area contributed by atoms with Crippen molar-refractivity contribution in [3.05, 3.63) is 23.8 Å². The third-order valence-electron chi connectivity index (χ3n) is 2.49. The molecule has 0 aliphatic heterocycles. The number of hydrogen-bond acceptors (Lipinski definition) is 3. The van der Waals surface area contributed by atoms with Gasteiger partial charge < -0.3 is 5.73 Å². The fourth-order valence-corrected chi connectivity index (χ4v) is 2.39. The van der Waals surface area contributed by atoms with Crippen molar-refractivity contribution < 1.29 is 8.42 Å². The van der Waals surface area contributed by atoms with Crippen molar-refractivity contribution in [2.24, 2.45) is 0 Å². The molecule has 2 rings (SSSR count). The zero-order valence-corrected chi connectivity index (χ0v) is 8.84. The second-order valence-electron chi connectivity index (χ2n) is 3.84. The van der Waals surface area contributed by atoms with Crippen LogP contribution in [0.5, 0.6) is 0 Å². The van der Waals surface area contributed by atoms with Crippen LogP contribution >= 0.6 is 0 Å². The Labute approximate surface area is 83.9 Å². The van der Waals surface area contributed by atoms with Crippen LogP contribution < -0.4 is 5.73 Å². The second-order valence-corrected chi connectivity index (χ2v) is 5.83. The van der Waals surface area contributed by atoms with Crippen LogP contribution in [0.25, 0.3) is 0 Å².